The molecule has 1 saturated carbocycles. The highest BCUT2D eigenvalue weighted by Gasteiger charge is 2.32. The third kappa shape index (κ3) is 2.86. The third-order valence-electron chi connectivity index (χ3n) is 4.11. The van der Waals surface area contributed by atoms with E-state index in [1.807, 2.05) is 0 Å². The normalized spacial score (nSPS) is 30.9. The maximum atomic E-state index is 6.52. The summed E-state index contributed by atoms with van der Waals surface area (Å²) < 4.78 is 0. The molecule has 0 saturated heterocycles. The Labute approximate surface area is 103 Å². The molecule has 0 aromatic carbocycles. The van der Waals surface area contributed by atoms with E-state index in [2.05, 4.69) is 30.7 Å². The molecule has 0 bridgehead atoms. The molecule has 1 aromatic heterocycles. The number of nitrogens with two attached hydrogens (primary N) is 1. The Balaban J connectivity index is 1.91. The average Bonchev–Trinajstić information content (AvgIpc) is 2.70. The van der Waals surface area contributed by atoms with Crippen LogP contribution in [-0.2, 0) is 6.42 Å². The van der Waals surface area contributed by atoms with Crippen molar-refractivity contribution in [3.63, 3.8) is 0 Å². The van der Waals surface area contributed by atoms with Crippen LogP contribution in [0.25, 0.3) is 0 Å². The number of hydrogen-bond acceptors (Lipinski definition) is 2. The lowest BCUT2D eigenvalue weighted by Gasteiger charge is -2.38. The van der Waals surface area contributed by atoms with Crippen molar-refractivity contribution >= 4 is 11.3 Å². The van der Waals surface area contributed by atoms with Crippen LogP contribution < -0.4 is 5.73 Å². The standard InChI is InChI=1S/C14H23NS/c1-11(2)13-3-6-14(15,7-4-13)9-12-5-8-16-10-12/h5,8,10-11,13H,3-4,6-7,9,15H2,1-2H3. The quantitative estimate of drug-likeness (QED) is 0.849. The molecule has 1 nitrogen and oxygen atoms in total. The van der Waals surface area contributed by atoms with Gasteiger partial charge in [0.05, 0.1) is 0 Å². The Morgan fingerprint density at radius 1 is 1.44 bits per heavy atom. The Morgan fingerprint density at radius 3 is 2.62 bits per heavy atom. The van der Waals surface area contributed by atoms with Crippen LogP contribution >= 0.6 is 11.3 Å². The van der Waals surface area contributed by atoms with E-state index in [0.29, 0.717) is 0 Å². The van der Waals surface area contributed by atoms with Crippen LogP contribution in [0.2, 0.25) is 0 Å². The first-order valence-corrected chi connectivity index (χ1v) is 7.33. The summed E-state index contributed by atoms with van der Waals surface area (Å²) in [7, 11) is 0. The van der Waals surface area contributed by atoms with E-state index in [0.717, 1.165) is 18.3 Å². The van der Waals surface area contributed by atoms with Gasteiger partial charge in [0.2, 0.25) is 0 Å². The minimum absolute atomic E-state index is 0.0759. The second-order valence-electron chi connectivity index (χ2n) is 5.75. The predicted octanol–water partition coefficient (Wildman–Crippen LogP) is 3.83. The minimum Gasteiger partial charge on any atom is -0.325 e. The van der Waals surface area contributed by atoms with Gasteiger partial charge in [-0.2, -0.15) is 11.3 Å². The van der Waals surface area contributed by atoms with Crippen LogP contribution in [0.3, 0.4) is 0 Å². The van der Waals surface area contributed by atoms with Crippen molar-refractivity contribution < 1.29 is 0 Å². The van der Waals surface area contributed by atoms with Gasteiger partial charge in [-0.3, -0.25) is 0 Å². The molecule has 0 spiro atoms. The molecule has 0 unspecified atom stereocenters. The van der Waals surface area contributed by atoms with Gasteiger partial charge in [-0.05, 0) is 66.3 Å². The van der Waals surface area contributed by atoms with E-state index in [4.69, 9.17) is 5.73 Å². The zero-order valence-corrected chi connectivity index (χ0v) is 11.2. The zero-order valence-electron chi connectivity index (χ0n) is 10.4. The van der Waals surface area contributed by atoms with E-state index in [1.165, 1.54) is 31.2 Å². The van der Waals surface area contributed by atoms with Crippen LogP contribution in [0.5, 0.6) is 0 Å². The maximum Gasteiger partial charge on any atom is 0.0195 e. The summed E-state index contributed by atoms with van der Waals surface area (Å²) in [4.78, 5) is 0. The van der Waals surface area contributed by atoms with Gasteiger partial charge in [-0.25, -0.2) is 0 Å². The Hall–Kier alpha value is -0.340. The van der Waals surface area contributed by atoms with Gasteiger partial charge in [0, 0.05) is 5.54 Å². The van der Waals surface area contributed by atoms with Crippen molar-refractivity contribution in [2.24, 2.45) is 17.6 Å². The summed E-state index contributed by atoms with van der Waals surface area (Å²) in [6.45, 7) is 4.68. The highest BCUT2D eigenvalue weighted by molar-refractivity contribution is 7.07. The van der Waals surface area contributed by atoms with Gasteiger partial charge in [0.25, 0.3) is 0 Å². The van der Waals surface area contributed by atoms with Crippen LogP contribution in [0.4, 0.5) is 0 Å². The van der Waals surface area contributed by atoms with Gasteiger partial charge in [-0.15, -0.1) is 0 Å². The number of thiophene rings is 1. The molecule has 16 heavy (non-hydrogen) atoms. The molecule has 2 heteroatoms. The zero-order chi connectivity index (χ0) is 11.6. The molecule has 1 fully saturated rings. The summed E-state index contributed by atoms with van der Waals surface area (Å²) in [6, 6.07) is 2.22. The molecule has 90 valence electrons. The first kappa shape index (κ1) is 12.1. The van der Waals surface area contributed by atoms with Crippen LogP contribution in [0.1, 0.15) is 45.1 Å². The van der Waals surface area contributed by atoms with Crippen LogP contribution in [0, 0.1) is 11.8 Å². The molecule has 0 radical (unpaired) electrons. The van der Waals surface area contributed by atoms with E-state index in [9.17, 15) is 0 Å². The lowest BCUT2D eigenvalue weighted by Crippen LogP contribution is -2.45. The Bertz CT molecular complexity index is 307. The highest BCUT2D eigenvalue weighted by Crippen LogP contribution is 2.36. The van der Waals surface area contributed by atoms with Crippen molar-refractivity contribution in [2.75, 3.05) is 0 Å². The minimum atomic E-state index is 0.0759. The monoisotopic (exact) mass is 237 g/mol. The van der Waals surface area contributed by atoms with Crippen molar-refractivity contribution in [1.29, 1.82) is 0 Å². The smallest absolute Gasteiger partial charge is 0.0195 e. The first-order valence-electron chi connectivity index (χ1n) is 6.39. The van der Waals surface area contributed by atoms with Gasteiger partial charge in [0.15, 0.2) is 0 Å². The van der Waals surface area contributed by atoms with E-state index in [-0.39, 0.29) is 5.54 Å². The average molecular weight is 237 g/mol. The summed E-state index contributed by atoms with van der Waals surface area (Å²) in [6.07, 6.45) is 6.11. The Kier molecular flexibility index (Phi) is 3.70. The van der Waals surface area contributed by atoms with Crippen molar-refractivity contribution in [2.45, 2.75) is 51.5 Å². The van der Waals surface area contributed by atoms with Gasteiger partial charge in [-0.1, -0.05) is 13.8 Å². The SMILES string of the molecule is CC(C)C1CCC(N)(Cc2ccsc2)CC1. The molecule has 1 heterocycles. The third-order valence-corrected chi connectivity index (χ3v) is 4.84. The van der Waals surface area contributed by atoms with E-state index >= 15 is 0 Å². The highest BCUT2D eigenvalue weighted by atomic mass is 32.1. The Morgan fingerprint density at radius 2 is 2.12 bits per heavy atom. The molecular formula is C14H23NS. The lowest BCUT2D eigenvalue weighted by molar-refractivity contribution is 0.194. The molecule has 0 aliphatic heterocycles. The molecule has 0 amide bonds. The van der Waals surface area contributed by atoms with E-state index in [1.54, 1.807) is 11.3 Å². The van der Waals surface area contributed by atoms with Crippen LogP contribution in [0.15, 0.2) is 16.8 Å². The van der Waals surface area contributed by atoms with Gasteiger partial charge in [0.1, 0.15) is 0 Å². The second kappa shape index (κ2) is 4.89. The molecule has 1 aromatic rings. The molecule has 2 rings (SSSR count). The molecule has 1 aliphatic carbocycles. The fourth-order valence-corrected chi connectivity index (χ4v) is 3.53. The van der Waals surface area contributed by atoms with E-state index < -0.39 is 0 Å². The largest absolute Gasteiger partial charge is 0.325 e. The molecular weight excluding hydrogens is 214 g/mol. The molecule has 2 N–H and O–H groups in total. The van der Waals surface area contributed by atoms with Crippen molar-refractivity contribution in [1.82, 2.24) is 0 Å². The van der Waals surface area contributed by atoms with Gasteiger partial charge < -0.3 is 5.73 Å². The summed E-state index contributed by atoms with van der Waals surface area (Å²) in [5, 5.41) is 4.39. The predicted molar refractivity (Wildman–Crippen MR) is 71.7 cm³/mol. The van der Waals surface area contributed by atoms with Crippen LogP contribution in [-0.4, -0.2) is 5.54 Å². The topological polar surface area (TPSA) is 26.0 Å². The number of hydrogen-bond donors (Lipinski definition) is 1. The van der Waals surface area contributed by atoms with Crippen molar-refractivity contribution in [3.05, 3.63) is 22.4 Å². The number of rotatable bonds is 3. The molecule has 1 aliphatic rings. The summed E-state index contributed by atoms with van der Waals surface area (Å²) in [5.41, 5.74) is 8.02. The maximum absolute atomic E-state index is 6.52. The first-order chi connectivity index (χ1) is 7.59. The lowest BCUT2D eigenvalue weighted by atomic mass is 9.71. The fourth-order valence-electron chi connectivity index (χ4n) is 2.86. The summed E-state index contributed by atoms with van der Waals surface area (Å²) >= 11 is 1.78. The van der Waals surface area contributed by atoms with Crippen molar-refractivity contribution in [3.8, 4) is 0 Å². The fraction of sp³-hybridized carbons (Fsp3) is 0.714. The van der Waals surface area contributed by atoms with Gasteiger partial charge >= 0.3 is 0 Å². The second-order valence-corrected chi connectivity index (χ2v) is 6.53. The summed E-state index contributed by atoms with van der Waals surface area (Å²) in [5.74, 6) is 1.73. The molecule has 0 atom stereocenters.